The topological polar surface area (TPSA) is 113 Å². The third-order valence-corrected chi connectivity index (χ3v) is 5.41. The number of imide groups is 1. The Morgan fingerprint density at radius 2 is 1.56 bits per heavy atom. The molecule has 3 rings (SSSR count). The van der Waals surface area contributed by atoms with Crippen molar-refractivity contribution in [2.24, 2.45) is 0 Å². The van der Waals surface area contributed by atoms with Gasteiger partial charge in [0.1, 0.15) is 12.1 Å². The number of hydrogen-bond donors (Lipinski definition) is 2. The molecule has 0 radical (unpaired) electrons. The minimum absolute atomic E-state index is 0.0342. The maximum absolute atomic E-state index is 13.3. The average Bonchev–Trinajstić information content (AvgIpc) is 3.07. The number of rotatable bonds is 10. The lowest BCUT2D eigenvalue weighted by molar-refractivity contribution is -0.145. The second kappa shape index (κ2) is 10.7. The molecule has 2 aromatic rings. The van der Waals surface area contributed by atoms with Crippen molar-refractivity contribution in [1.29, 1.82) is 0 Å². The molecule has 0 fully saturated rings. The van der Waals surface area contributed by atoms with E-state index in [2.05, 4.69) is 5.32 Å². The molecule has 0 aromatic heterocycles. The molecule has 2 atom stereocenters. The minimum Gasteiger partial charge on any atom is -0.467 e. The zero-order valence-electron chi connectivity index (χ0n) is 17.8. The van der Waals surface area contributed by atoms with E-state index in [-0.39, 0.29) is 30.6 Å². The molecule has 1 aliphatic heterocycles. The number of carbonyl (C=O) groups is 4. The van der Waals surface area contributed by atoms with Crippen molar-refractivity contribution in [2.75, 3.05) is 13.7 Å². The van der Waals surface area contributed by atoms with Crippen LogP contribution >= 0.6 is 0 Å². The molecule has 0 bridgehead atoms. The SMILES string of the molecule is COC(=O)[C@H](CCCCO)NC(=O)[C@H](Cc1ccccc1)N1C(=O)c2ccccc2C1=O. The van der Waals surface area contributed by atoms with E-state index >= 15 is 0 Å². The van der Waals surface area contributed by atoms with Crippen molar-refractivity contribution in [3.05, 3.63) is 71.3 Å². The lowest BCUT2D eigenvalue weighted by atomic mass is 10.0. The molecular formula is C24H26N2O6. The fourth-order valence-electron chi connectivity index (χ4n) is 3.75. The number of hydrogen-bond acceptors (Lipinski definition) is 6. The smallest absolute Gasteiger partial charge is 0.328 e. The number of nitrogens with zero attached hydrogens (tertiary/aromatic N) is 1. The van der Waals surface area contributed by atoms with E-state index in [1.54, 1.807) is 48.5 Å². The number of benzene rings is 2. The number of fused-ring (bicyclic) bond motifs is 1. The molecule has 2 aromatic carbocycles. The highest BCUT2D eigenvalue weighted by Crippen LogP contribution is 2.26. The molecular weight excluding hydrogens is 412 g/mol. The van der Waals surface area contributed by atoms with Crippen LogP contribution in [-0.4, -0.2) is 59.5 Å². The summed E-state index contributed by atoms with van der Waals surface area (Å²) >= 11 is 0. The van der Waals surface area contributed by atoms with Gasteiger partial charge in [-0.25, -0.2) is 4.79 Å². The normalized spacial score (nSPS) is 14.6. The average molecular weight is 438 g/mol. The Morgan fingerprint density at radius 1 is 0.969 bits per heavy atom. The highest BCUT2D eigenvalue weighted by molar-refractivity contribution is 6.22. The van der Waals surface area contributed by atoms with Gasteiger partial charge in [0.05, 0.1) is 18.2 Å². The summed E-state index contributed by atoms with van der Waals surface area (Å²) in [6, 6.07) is 13.4. The number of carbonyl (C=O) groups excluding carboxylic acids is 4. The molecule has 0 saturated heterocycles. The van der Waals surface area contributed by atoms with Crippen LogP contribution in [0.5, 0.6) is 0 Å². The van der Waals surface area contributed by atoms with Crippen LogP contribution in [-0.2, 0) is 20.7 Å². The van der Waals surface area contributed by atoms with Crippen molar-refractivity contribution in [2.45, 2.75) is 37.8 Å². The van der Waals surface area contributed by atoms with Crippen LogP contribution in [0.4, 0.5) is 0 Å². The van der Waals surface area contributed by atoms with Gasteiger partial charge in [-0.15, -0.1) is 0 Å². The molecule has 168 valence electrons. The zero-order valence-corrected chi connectivity index (χ0v) is 17.8. The van der Waals surface area contributed by atoms with Crippen molar-refractivity contribution >= 4 is 23.7 Å². The first-order chi connectivity index (χ1) is 15.5. The van der Waals surface area contributed by atoms with Gasteiger partial charge in [-0.3, -0.25) is 19.3 Å². The third-order valence-electron chi connectivity index (χ3n) is 5.41. The number of aliphatic hydroxyl groups excluding tert-OH is 1. The summed E-state index contributed by atoms with van der Waals surface area (Å²) in [5.74, 6) is -2.34. The number of ether oxygens (including phenoxy) is 1. The van der Waals surface area contributed by atoms with Gasteiger partial charge in [0.2, 0.25) is 5.91 Å². The van der Waals surface area contributed by atoms with Crippen LogP contribution in [0, 0.1) is 0 Å². The Kier molecular flexibility index (Phi) is 7.72. The summed E-state index contributed by atoms with van der Waals surface area (Å²) in [5.41, 5.74) is 1.26. The number of methoxy groups -OCH3 is 1. The summed E-state index contributed by atoms with van der Waals surface area (Å²) in [7, 11) is 1.22. The summed E-state index contributed by atoms with van der Waals surface area (Å²) < 4.78 is 4.80. The van der Waals surface area contributed by atoms with E-state index in [0.717, 1.165) is 10.5 Å². The molecule has 8 heteroatoms. The van der Waals surface area contributed by atoms with Crippen LogP contribution in [0.15, 0.2) is 54.6 Å². The monoisotopic (exact) mass is 438 g/mol. The van der Waals surface area contributed by atoms with Crippen LogP contribution in [0.1, 0.15) is 45.5 Å². The predicted octanol–water partition coefficient (Wildman–Crippen LogP) is 1.71. The molecule has 1 aliphatic rings. The van der Waals surface area contributed by atoms with E-state index in [1.165, 1.54) is 7.11 Å². The lowest BCUT2D eigenvalue weighted by Crippen LogP contribution is -2.54. The molecule has 0 unspecified atom stereocenters. The van der Waals surface area contributed by atoms with Gasteiger partial charge in [-0.1, -0.05) is 42.5 Å². The third kappa shape index (κ3) is 5.03. The first kappa shape index (κ1) is 23.1. The van der Waals surface area contributed by atoms with E-state index in [4.69, 9.17) is 9.84 Å². The van der Waals surface area contributed by atoms with Gasteiger partial charge >= 0.3 is 5.97 Å². The van der Waals surface area contributed by atoms with E-state index in [0.29, 0.717) is 12.8 Å². The quantitative estimate of drug-likeness (QED) is 0.332. The van der Waals surface area contributed by atoms with Crippen LogP contribution in [0.3, 0.4) is 0 Å². The van der Waals surface area contributed by atoms with Gasteiger partial charge in [0.15, 0.2) is 0 Å². The highest BCUT2D eigenvalue weighted by atomic mass is 16.5. The Bertz CT molecular complexity index is 956. The zero-order chi connectivity index (χ0) is 23.1. The molecule has 1 heterocycles. The number of amides is 3. The van der Waals surface area contributed by atoms with Gasteiger partial charge in [0.25, 0.3) is 11.8 Å². The van der Waals surface area contributed by atoms with Crippen LogP contribution < -0.4 is 5.32 Å². The second-order valence-electron chi connectivity index (χ2n) is 7.54. The largest absolute Gasteiger partial charge is 0.467 e. The molecule has 0 aliphatic carbocycles. The second-order valence-corrected chi connectivity index (χ2v) is 7.54. The fourth-order valence-corrected chi connectivity index (χ4v) is 3.75. The number of aliphatic hydroxyl groups is 1. The fraction of sp³-hybridized carbons (Fsp3) is 0.333. The van der Waals surface area contributed by atoms with Crippen LogP contribution in [0.25, 0.3) is 0 Å². The number of esters is 1. The van der Waals surface area contributed by atoms with Crippen LogP contribution in [0.2, 0.25) is 0 Å². The van der Waals surface area contributed by atoms with Gasteiger partial charge in [0, 0.05) is 13.0 Å². The van der Waals surface area contributed by atoms with Gasteiger partial charge < -0.3 is 15.2 Å². The van der Waals surface area contributed by atoms with Crippen molar-refractivity contribution in [3.8, 4) is 0 Å². The van der Waals surface area contributed by atoms with E-state index in [9.17, 15) is 19.2 Å². The Hall–Kier alpha value is -3.52. The highest BCUT2D eigenvalue weighted by Gasteiger charge is 2.43. The molecule has 8 nitrogen and oxygen atoms in total. The lowest BCUT2D eigenvalue weighted by Gasteiger charge is -2.27. The van der Waals surface area contributed by atoms with Gasteiger partial charge in [-0.2, -0.15) is 0 Å². The van der Waals surface area contributed by atoms with Crippen molar-refractivity contribution in [1.82, 2.24) is 10.2 Å². The Morgan fingerprint density at radius 3 is 2.12 bits per heavy atom. The minimum atomic E-state index is -1.14. The van der Waals surface area contributed by atoms with Gasteiger partial charge in [-0.05, 0) is 37.0 Å². The molecule has 0 spiro atoms. The first-order valence-corrected chi connectivity index (χ1v) is 10.5. The summed E-state index contributed by atoms with van der Waals surface area (Å²) in [4.78, 5) is 52.6. The van der Waals surface area contributed by atoms with Crippen molar-refractivity contribution in [3.63, 3.8) is 0 Å². The Labute approximate surface area is 186 Å². The van der Waals surface area contributed by atoms with Crippen molar-refractivity contribution < 1.29 is 29.0 Å². The first-order valence-electron chi connectivity index (χ1n) is 10.5. The summed E-state index contributed by atoms with van der Waals surface area (Å²) in [6.07, 6.45) is 1.32. The van der Waals surface area contributed by atoms with E-state index in [1.807, 2.05) is 6.07 Å². The maximum Gasteiger partial charge on any atom is 0.328 e. The Balaban J connectivity index is 1.89. The maximum atomic E-state index is 13.3. The summed E-state index contributed by atoms with van der Waals surface area (Å²) in [5, 5.41) is 11.7. The molecule has 3 amide bonds. The molecule has 0 saturated carbocycles. The van der Waals surface area contributed by atoms with E-state index < -0.39 is 35.8 Å². The summed E-state index contributed by atoms with van der Waals surface area (Å²) in [6.45, 7) is -0.0342. The number of unbranched alkanes of at least 4 members (excludes halogenated alkanes) is 1. The predicted molar refractivity (Wildman–Crippen MR) is 116 cm³/mol. The molecule has 32 heavy (non-hydrogen) atoms. The molecule has 2 N–H and O–H groups in total. The number of nitrogens with one attached hydrogen (secondary N) is 1. The standard InChI is InChI=1S/C24H26N2O6/c1-32-24(31)19(13-7-8-14-27)25-21(28)20(15-16-9-3-2-4-10-16)26-22(29)17-11-5-6-12-18(17)23(26)30/h2-6,9-12,19-20,27H,7-8,13-15H2,1H3,(H,25,28)/t19-,20-/m0/s1.